The number of aryl methyl sites for hydroxylation is 1. The van der Waals surface area contributed by atoms with Gasteiger partial charge in [-0.1, -0.05) is 6.92 Å². The number of aromatic nitrogens is 2. The van der Waals surface area contributed by atoms with Gasteiger partial charge in [0.1, 0.15) is 6.33 Å². The van der Waals surface area contributed by atoms with Crippen molar-refractivity contribution in [3.05, 3.63) is 17.8 Å². The van der Waals surface area contributed by atoms with Crippen molar-refractivity contribution < 1.29 is 13.9 Å². The fourth-order valence-corrected chi connectivity index (χ4v) is 3.74. The average molecular weight is 340 g/mol. The number of thioether (sulfide) groups is 1. The molecule has 0 N–H and O–H groups in total. The number of carbonyl (C=O) groups is 1. The topological polar surface area (TPSA) is 58.6 Å². The Kier molecular flexibility index (Phi) is 5.32. The molecule has 126 valence electrons. The molecule has 0 bridgehead atoms. The van der Waals surface area contributed by atoms with E-state index in [4.69, 9.17) is 4.74 Å². The number of amides is 1. The molecule has 1 amide bonds. The minimum absolute atomic E-state index is 0.000166. The van der Waals surface area contributed by atoms with Crippen LogP contribution in [-0.2, 0) is 16.0 Å². The number of nitrogens with zero attached hydrogens (tertiary/aromatic N) is 4. The molecule has 3 heterocycles. The maximum Gasteiger partial charge on any atom is 0.253 e. The maximum absolute atomic E-state index is 14.4. The monoisotopic (exact) mass is 340 g/mol. The van der Waals surface area contributed by atoms with Crippen LogP contribution in [0.1, 0.15) is 12.6 Å². The Labute approximate surface area is 139 Å². The standard InChI is InChI=1S/C15H21FN4O2S/c1-2-11-13(16)14(18-10-17-11)20-3-6-22-12(9-20)15(21)19-4-7-23-8-5-19/h10,12H,2-9H2,1H3. The van der Waals surface area contributed by atoms with E-state index in [9.17, 15) is 9.18 Å². The lowest BCUT2D eigenvalue weighted by Crippen LogP contribution is -2.53. The van der Waals surface area contributed by atoms with Crippen molar-refractivity contribution in [1.82, 2.24) is 14.9 Å². The van der Waals surface area contributed by atoms with E-state index >= 15 is 0 Å². The van der Waals surface area contributed by atoms with Gasteiger partial charge in [-0.3, -0.25) is 4.79 Å². The molecule has 0 spiro atoms. The van der Waals surface area contributed by atoms with Gasteiger partial charge in [-0.25, -0.2) is 14.4 Å². The number of ether oxygens (including phenoxy) is 1. The Hall–Kier alpha value is -1.41. The van der Waals surface area contributed by atoms with Crippen molar-refractivity contribution in [2.75, 3.05) is 49.2 Å². The van der Waals surface area contributed by atoms with Crippen LogP contribution in [0, 0.1) is 5.82 Å². The van der Waals surface area contributed by atoms with Gasteiger partial charge in [-0.15, -0.1) is 0 Å². The zero-order valence-corrected chi connectivity index (χ0v) is 14.0. The smallest absolute Gasteiger partial charge is 0.253 e. The predicted octanol–water partition coefficient (Wildman–Crippen LogP) is 0.959. The summed E-state index contributed by atoms with van der Waals surface area (Å²) in [4.78, 5) is 24.2. The van der Waals surface area contributed by atoms with E-state index in [-0.39, 0.29) is 11.7 Å². The van der Waals surface area contributed by atoms with Crippen LogP contribution < -0.4 is 4.90 Å². The van der Waals surface area contributed by atoms with Gasteiger partial charge >= 0.3 is 0 Å². The number of anilines is 1. The molecule has 1 aromatic heterocycles. The molecule has 0 aromatic carbocycles. The summed E-state index contributed by atoms with van der Waals surface area (Å²) in [5.41, 5.74) is 0.400. The van der Waals surface area contributed by atoms with E-state index in [0.29, 0.717) is 31.8 Å². The highest BCUT2D eigenvalue weighted by atomic mass is 32.2. The summed E-state index contributed by atoms with van der Waals surface area (Å²) in [5, 5.41) is 0. The molecule has 6 nitrogen and oxygen atoms in total. The molecule has 2 aliphatic rings. The highest BCUT2D eigenvalue weighted by Gasteiger charge is 2.32. The lowest BCUT2D eigenvalue weighted by Gasteiger charge is -2.36. The Morgan fingerprint density at radius 1 is 1.39 bits per heavy atom. The van der Waals surface area contributed by atoms with Crippen molar-refractivity contribution in [1.29, 1.82) is 0 Å². The van der Waals surface area contributed by atoms with Crippen LogP contribution in [0.5, 0.6) is 0 Å². The van der Waals surface area contributed by atoms with E-state index in [1.807, 2.05) is 23.6 Å². The zero-order chi connectivity index (χ0) is 16.2. The molecule has 2 fully saturated rings. The van der Waals surface area contributed by atoms with Crippen LogP contribution in [0.4, 0.5) is 10.2 Å². The van der Waals surface area contributed by atoms with Crippen LogP contribution in [0.15, 0.2) is 6.33 Å². The van der Waals surface area contributed by atoms with Gasteiger partial charge in [0.25, 0.3) is 5.91 Å². The summed E-state index contributed by atoms with van der Waals surface area (Å²) in [6.45, 7) is 4.62. The lowest BCUT2D eigenvalue weighted by atomic mass is 10.2. The second-order valence-electron chi connectivity index (χ2n) is 5.55. The van der Waals surface area contributed by atoms with Crippen LogP contribution in [0.25, 0.3) is 0 Å². The maximum atomic E-state index is 14.4. The summed E-state index contributed by atoms with van der Waals surface area (Å²) in [6.07, 6.45) is 1.34. The minimum Gasteiger partial charge on any atom is -0.365 e. The first-order valence-corrected chi connectivity index (χ1v) is 9.08. The molecule has 23 heavy (non-hydrogen) atoms. The summed E-state index contributed by atoms with van der Waals surface area (Å²) < 4.78 is 20.1. The highest BCUT2D eigenvalue weighted by Crippen LogP contribution is 2.22. The van der Waals surface area contributed by atoms with E-state index in [0.717, 1.165) is 24.6 Å². The molecule has 8 heteroatoms. The van der Waals surface area contributed by atoms with Crippen LogP contribution in [-0.4, -0.2) is 71.2 Å². The first-order chi connectivity index (χ1) is 11.2. The van der Waals surface area contributed by atoms with E-state index in [1.54, 1.807) is 4.90 Å². The molecule has 2 aliphatic heterocycles. The zero-order valence-electron chi connectivity index (χ0n) is 13.2. The second-order valence-corrected chi connectivity index (χ2v) is 6.78. The fraction of sp³-hybridized carbons (Fsp3) is 0.667. The van der Waals surface area contributed by atoms with E-state index in [2.05, 4.69) is 9.97 Å². The summed E-state index contributed by atoms with van der Waals surface area (Å²) in [5.74, 6) is 1.80. The quantitative estimate of drug-likeness (QED) is 0.817. The van der Waals surface area contributed by atoms with Gasteiger partial charge < -0.3 is 14.5 Å². The van der Waals surface area contributed by atoms with Crippen molar-refractivity contribution in [2.45, 2.75) is 19.4 Å². The fourth-order valence-electron chi connectivity index (χ4n) is 2.84. The summed E-state index contributed by atoms with van der Waals surface area (Å²) in [7, 11) is 0. The molecule has 0 saturated carbocycles. The van der Waals surface area contributed by atoms with Crippen LogP contribution >= 0.6 is 11.8 Å². The van der Waals surface area contributed by atoms with Gasteiger partial charge in [0, 0.05) is 31.1 Å². The third kappa shape index (κ3) is 3.58. The molecule has 3 rings (SSSR count). The molecule has 1 aromatic rings. The molecule has 0 aliphatic carbocycles. The van der Waals surface area contributed by atoms with Crippen LogP contribution in [0.3, 0.4) is 0 Å². The molecule has 1 atom stereocenters. The third-order valence-electron chi connectivity index (χ3n) is 4.14. The van der Waals surface area contributed by atoms with Crippen molar-refractivity contribution in [3.63, 3.8) is 0 Å². The number of morpholine rings is 1. The first kappa shape index (κ1) is 16.4. The Morgan fingerprint density at radius 2 is 2.17 bits per heavy atom. The summed E-state index contributed by atoms with van der Waals surface area (Å²) >= 11 is 1.85. The number of rotatable bonds is 3. The van der Waals surface area contributed by atoms with Gasteiger partial charge in [-0.05, 0) is 6.42 Å². The van der Waals surface area contributed by atoms with Crippen molar-refractivity contribution in [3.8, 4) is 0 Å². The Morgan fingerprint density at radius 3 is 2.91 bits per heavy atom. The van der Waals surface area contributed by atoms with E-state index in [1.165, 1.54) is 6.33 Å². The normalized spacial score (nSPS) is 22.3. The third-order valence-corrected chi connectivity index (χ3v) is 5.08. The van der Waals surface area contributed by atoms with Gasteiger partial charge in [0.2, 0.25) is 0 Å². The van der Waals surface area contributed by atoms with Crippen molar-refractivity contribution in [2.24, 2.45) is 0 Å². The Bertz CT molecular complexity index is 568. The number of carbonyl (C=O) groups excluding carboxylic acids is 1. The summed E-state index contributed by atoms with van der Waals surface area (Å²) in [6, 6.07) is 0. The SMILES string of the molecule is CCc1ncnc(N2CCOC(C(=O)N3CCSCC3)C2)c1F. The molecule has 2 saturated heterocycles. The molecule has 1 unspecified atom stereocenters. The molecular formula is C15H21FN4O2S. The lowest BCUT2D eigenvalue weighted by molar-refractivity contribution is -0.144. The highest BCUT2D eigenvalue weighted by molar-refractivity contribution is 7.99. The molecular weight excluding hydrogens is 319 g/mol. The van der Waals surface area contributed by atoms with E-state index < -0.39 is 11.9 Å². The van der Waals surface area contributed by atoms with Crippen LogP contribution in [0.2, 0.25) is 0 Å². The van der Waals surface area contributed by atoms with Gasteiger partial charge in [0.15, 0.2) is 17.7 Å². The Balaban J connectivity index is 1.72. The number of halogens is 1. The average Bonchev–Trinajstić information content (AvgIpc) is 2.62. The van der Waals surface area contributed by atoms with Gasteiger partial charge in [-0.2, -0.15) is 11.8 Å². The van der Waals surface area contributed by atoms with Crippen molar-refractivity contribution >= 4 is 23.5 Å². The predicted molar refractivity (Wildman–Crippen MR) is 87.2 cm³/mol. The minimum atomic E-state index is -0.550. The second kappa shape index (κ2) is 7.44. The number of hydrogen-bond acceptors (Lipinski definition) is 6. The van der Waals surface area contributed by atoms with Gasteiger partial charge in [0.05, 0.1) is 18.8 Å². The number of hydrogen-bond donors (Lipinski definition) is 0. The molecule has 0 radical (unpaired) electrons. The first-order valence-electron chi connectivity index (χ1n) is 7.93. The largest absolute Gasteiger partial charge is 0.365 e.